The summed E-state index contributed by atoms with van der Waals surface area (Å²) in [7, 11) is -7.86. The minimum atomic E-state index is -3.93. The van der Waals surface area contributed by atoms with Gasteiger partial charge in [0.25, 0.3) is 20.0 Å². The number of aryl methyl sites for hydroxylation is 2. The molecule has 3 rings (SSSR count). The fourth-order valence-electron chi connectivity index (χ4n) is 2.26. The van der Waals surface area contributed by atoms with Gasteiger partial charge in [0.2, 0.25) is 0 Å². The van der Waals surface area contributed by atoms with Crippen LogP contribution in [0.5, 0.6) is 0 Å². The van der Waals surface area contributed by atoms with Crippen molar-refractivity contribution in [2.45, 2.75) is 22.3 Å². The van der Waals surface area contributed by atoms with E-state index in [1.165, 1.54) is 24.3 Å². The van der Waals surface area contributed by atoms with Crippen molar-refractivity contribution in [3.63, 3.8) is 0 Å². The van der Waals surface area contributed by atoms with Gasteiger partial charge in [-0.2, -0.15) is 0 Å². The lowest BCUT2D eigenvalue weighted by molar-refractivity contribution is 0.601. The topological polar surface area (TPSA) is 92.3 Å². The molecular formula is C16H14Cl2N2O4S4. The quantitative estimate of drug-likeness (QED) is 0.481. The molecule has 150 valence electrons. The largest absolute Gasteiger partial charge is 0.277 e. The molecule has 0 saturated carbocycles. The van der Waals surface area contributed by atoms with Crippen molar-refractivity contribution in [2.24, 2.45) is 0 Å². The van der Waals surface area contributed by atoms with E-state index in [2.05, 4.69) is 9.44 Å². The summed E-state index contributed by atoms with van der Waals surface area (Å²) in [4.78, 5) is 0. The third kappa shape index (κ3) is 4.64. The first-order valence-electron chi connectivity index (χ1n) is 7.65. The Hall–Kier alpha value is -1.30. The molecule has 0 saturated heterocycles. The Balaban J connectivity index is 2.01. The molecule has 0 atom stereocenters. The summed E-state index contributed by atoms with van der Waals surface area (Å²) in [5, 5.41) is 0. The predicted molar refractivity (Wildman–Crippen MR) is 116 cm³/mol. The van der Waals surface area contributed by atoms with E-state index in [4.69, 9.17) is 23.2 Å². The molecule has 1 aromatic carbocycles. The number of anilines is 2. The van der Waals surface area contributed by atoms with E-state index in [1.807, 2.05) is 0 Å². The van der Waals surface area contributed by atoms with Gasteiger partial charge in [-0.3, -0.25) is 9.44 Å². The van der Waals surface area contributed by atoms with Crippen LogP contribution in [0.1, 0.15) is 11.1 Å². The minimum absolute atomic E-state index is 0.0228. The average Bonchev–Trinajstić information content (AvgIpc) is 3.21. The number of hydrogen-bond acceptors (Lipinski definition) is 6. The summed E-state index contributed by atoms with van der Waals surface area (Å²) in [6.45, 7) is 3.60. The molecule has 0 unspecified atom stereocenters. The summed E-state index contributed by atoms with van der Waals surface area (Å²) in [5.41, 5.74) is 1.81. The molecule has 2 aromatic heterocycles. The zero-order valence-corrected chi connectivity index (χ0v) is 19.3. The first-order chi connectivity index (χ1) is 13.0. The molecule has 28 heavy (non-hydrogen) atoms. The van der Waals surface area contributed by atoms with Crippen LogP contribution < -0.4 is 9.44 Å². The van der Waals surface area contributed by atoms with Gasteiger partial charge >= 0.3 is 0 Å². The molecule has 12 heteroatoms. The zero-order chi connectivity index (χ0) is 20.7. The van der Waals surface area contributed by atoms with Gasteiger partial charge in [-0.15, -0.1) is 22.7 Å². The summed E-state index contributed by atoms with van der Waals surface area (Å²) >= 11 is 13.5. The minimum Gasteiger partial charge on any atom is -0.277 e. The van der Waals surface area contributed by atoms with Gasteiger partial charge in [-0.05, 0) is 61.4 Å². The Labute approximate surface area is 181 Å². The van der Waals surface area contributed by atoms with Gasteiger partial charge in [0, 0.05) is 0 Å². The summed E-state index contributed by atoms with van der Waals surface area (Å²) < 4.78 is 56.2. The van der Waals surface area contributed by atoms with Gasteiger partial charge in [-0.25, -0.2) is 16.8 Å². The lowest BCUT2D eigenvalue weighted by Gasteiger charge is -2.16. The van der Waals surface area contributed by atoms with E-state index in [0.717, 1.165) is 33.8 Å². The van der Waals surface area contributed by atoms with Crippen LogP contribution in [-0.4, -0.2) is 16.8 Å². The van der Waals surface area contributed by atoms with Gasteiger partial charge in [0.05, 0.1) is 20.0 Å². The molecular weight excluding hydrogens is 483 g/mol. The summed E-state index contributed by atoms with van der Waals surface area (Å²) in [5.74, 6) is 0. The number of rotatable bonds is 6. The number of benzene rings is 1. The maximum absolute atomic E-state index is 12.7. The van der Waals surface area contributed by atoms with Gasteiger partial charge < -0.3 is 0 Å². The normalized spacial score (nSPS) is 12.1. The molecule has 0 aliphatic heterocycles. The maximum Gasteiger partial charge on any atom is 0.271 e. The SMILES string of the molecule is Cc1cc(NS(=O)(=O)c2ccc(Cl)s2)c(NS(=O)(=O)c2ccc(Cl)s2)cc1C. The second-order valence-electron chi connectivity index (χ2n) is 5.81. The van der Waals surface area contributed by atoms with Crippen molar-refractivity contribution in [3.8, 4) is 0 Å². The van der Waals surface area contributed by atoms with Crippen LogP contribution in [0, 0.1) is 13.8 Å². The number of nitrogens with one attached hydrogen (secondary N) is 2. The van der Waals surface area contributed by atoms with Crippen LogP contribution in [-0.2, 0) is 20.0 Å². The second kappa shape index (κ2) is 7.85. The number of halogens is 2. The van der Waals surface area contributed by atoms with Crippen LogP contribution in [0.2, 0.25) is 8.67 Å². The molecule has 2 heterocycles. The maximum atomic E-state index is 12.7. The first kappa shape index (κ1) is 21.4. The monoisotopic (exact) mass is 496 g/mol. The fourth-order valence-corrected chi connectivity index (χ4v) is 7.37. The van der Waals surface area contributed by atoms with Crippen molar-refractivity contribution in [1.82, 2.24) is 0 Å². The Morgan fingerprint density at radius 2 is 1.07 bits per heavy atom. The zero-order valence-electron chi connectivity index (χ0n) is 14.5. The highest BCUT2D eigenvalue weighted by Crippen LogP contribution is 2.34. The molecule has 0 aliphatic rings. The number of thiophene rings is 2. The molecule has 0 amide bonds. The van der Waals surface area contributed by atoms with E-state index in [9.17, 15) is 16.8 Å². The van der Waals surface area contributed by atoms with E-state index in [0.29, 0.717) is 8.67 Å². The molecule has 0 aliphatic carbocycles. The van der Waals surface area contributed by atoms with Crippen molar-refractivity contribution in [1.29, 1.82) is 0 Å². The first-order valence-corrected chi connectivity index (χ1v) is 13.0. The molecule has 0 spiro atoms. The van der Waals surface area contributed by atoms with E-state index in [-0.39, 0.29) is 19.8 Å². The third-order valence-corrected chi connectivity index (χ3v) is 9.93. The average molecular weight is 497 g/mol. The van der Waals surface area contributed by atoms with Gasteiger partial charge in [-0.1, -0.05) is 23.2 Å². The van der Waals surface area contributed by atoms with Crippen LogP contribution in [0.25, 0.3) is 0 Å². The molecule has 0 radical (unpaired) electrons. The Bertz CT molecular complexity index is 1150. The predicted octanol–water partition coefficient (Wildman–Crippen LogP) is 5.33. The smallest absolute Gasteiger partial charge is 0.271 e. The standard InChI is InChI=1S/C16H14Cl2N2O4S4/c1-9-7-11(19-27(21,22)15-5-3-13(17)25-15)12(8-10(9)2)20-28(23,24)16-6-4-14(18)26-16/h3-8,19-20H,1-2H3. The lowest BCUT2D eigenvalue weighted by Crippen LogP contribution is -2.17. The Kier molecular flexibility index (Phi) is 6.00. The highest BCUT2D eigenvalue weighted by atomic mass is 35.5. The fraction of sp³-hybridized carbons (Fsp3) is 0.125. The summed E-state index contributed by atoms with van der Waals surface area (Å²) in [6, 6.07) is 8.86. The number of hydrogen-bond donors (Lipinski definition) is 2. The van der Waals surface area contributed by atoms with Crippen molar-refractivity contribution in [2.75, 3.05) is 9.44 Å². The second-order valence-corrected chi connectivity index (χ2v) is 13.1. The Morgan fingerprint density at radius 1 is 0.714 bits per heavy atom. The summed E-state index contributed by atoms with van der Waals surface area (Å²) in [6.07, 6.45) is 0. The van der Waals surface area contributed by atoms with E-state index in [1.54, 1.807) is 26.0 Å². The lowest BCUT2D eigenvalue weighted by atomic mass is 10.1. The molecule has 6 nitrogen and oxygen atoms in total. The highest BCUT2D eigenvalue weighted by Gasteiger charge is 2.22. The Morgan fingerprint density at radius 3 is 1.36 bits per heavy atom. The highest BCUT2D eigenvalue weighted by molar-refractivity contribution is 7.95. The van der Waals surface area contributed by atoms with E-state index >= 15 is 0 Å². The molecule has 2 N–H and O–H groups in total. The number of sulfonamides is 2. The molecule has 3 aromatic rings. The van der Waals surface area contributed by atoms with Crippen LogP contribution in [0.4, 0.5) is 11.4 Å². The third-order valence-electron chi connectivity index (χ3n) is 3.75. The van der Waals surface area contributed by atoms with Crippen molar-refractivity contribution >= 4 is 77.3 Å². The van der Waals surface area contributed by atoms with Crippen molar-refractivity contribution in [3.05, 3.63) is 56.2 Å². The molecule has 0 bridgehead atoms. The molecule has 0 fully saturated rings. The van der Waals surface area contributed by atoms with Crippen molar-refractivity contribution < 1.29 is 16.8 Å². The van der Waals surface area contributed by atoms with Crippen LogP contribution in [0.3, 0.4) is 0 Å². The van der Waals surface area contributed by atoms with Crippen LogP contribution >= 0.6 is 45.9 Å². The van der Waals surface area contributed by atoms with Gasteiger partial charge in [0.1, 0.15) is 8.42 Å². The van der Waals surface area contributed by atoms with E-state index < -0.39 is 20.0 Å². The van der Waals surface area contributed by atoms with Crippen LogP contribution in [0.15, 0.2) is 44.8 Å². The van der Waals surface area contributed by atoms with Gasteiger partial charge in [0.15, 0.2) is 0 Å².